The van der Waals surface area contributed by atoms with Gasteiger partial charge in [-0.25, -0.2) is 4.79 Å². The first-order valence-electron chi connectivity index (χ1n) is 10.5. The van der Waals surface area contributed by atoms with Crippen LogP contribution in [0.2, 0.25) is 0 Å². The monoisotopic (exact) mass is 347 g/mol. The number of likely N-dealkylation sites (tertiary alicyclic amines) is 3. The van der Waals surface area contributed by atoms with Gasteiger partial charge >= 0.3 is 6.03 Å². The molecule has 1 spiro atoms. The fourth-order valence-corrected chi connectivity index (χ4v) is 5.46. The normalized spacial score (nSPS) is 28.0. The van der Waals surface area contributed by atoms with Crippen molar-refractivity contribution in [2.24, 2.45) is 5.41 Å². The molecule has 0 aromatic rings. The number of carbonyl (C=O) groups is 2. The minimum Gasteiger partial charge on any atom is -0.339 e. The molecule has 0 unspecified atom stereocenters. The highest BCUT2D eigenvalue weighted by molar-refractivity contribution is 5.85. The number of rotatable bonds is 1. The summed E-state index contributed by atoms with van der Waals surface area (Å²) in [7, 11) is 0. The number of hydrogen-bond donors (Lipinski definition) is 0. The molecule has 4 aliphatic rings. The average molecular weight is 348 g/mol. The summed E-state index contributed by atoms with van der Waals surface area (Å²) in [6.07, 6.45) is 12.5. The molecule has 4 fully saturated rings. The highest BCUT2D eigenvalue weighted by Gasteiger charge is 2.50. The molecular weight excluding hydrogens is 314 g/mol. The van der Waals surface area contributed by atoms with Crippen LogP contribution in [0, 0.1) is 5.41 Å². The third-order valence-electron chi connectivity index (χ3n) is 7.18. The van der Waals surface area contributed by atoms with Crippen LogP contribution in [-0.2, 0) is 4.79 Å². The lowest BCUT2D eigenvalue weighted by Gasteiger charge is -2.41. The molecule has 0 aromatic carbocycles. The van der Waals surface area contributed by atoms with E-state index in [4.69, 9.17) is 0 Å². The summed E-state index contributed by atoms with van der Waals surface area (Å²) < 4.78 is 0. The smallest absolute Gasteiger partial charge is 0.319 e. The predicted molar refractivity (Wildman–Crippen MR) is 97.3 cm³/mol. The molecule has 3 heterocycles. The minimum absolute atomic E-state index is 0.157. The number of piperidine rings is 2. The van der Waals surface area contributed by atoms with E-state index in [0.29, 0.717) is 11.9 Å². The van der Waals surface area contributed by atoms with Crippen molar-refractivity contribution >= 4 is 11.9 Å². The maximum Gasteiger partial charge on any atom is 0.319 e. The van der Waals surface area contributed by atoms with Gasteiger partial charge in [0.15, 0.2) is 0 Å². The molecule has 1 aliphatic carbocycles. The molecule has 5 nitrogen and oxygen atoms in total. The van der Waals surface area contributed by atoms with Gasteiger partial charge in [0, 0.05) is 38.8 Å². The topological polar surface area (TPSA) is 43.9 Å². The molecule has 25 heavy (non-hydrogen) atoms. The van der Waals surface area contributed by atoms with Crippen molar-refractivity contribution in [1.29, 1.82) is 0 Å². The second-order valence-corrected chi connectivity index (χ2v) is 8.64. The van der Waals surface area contributed by atoms with Crippen LogP contribution < -0.4 is 0 Å². The first-order valence-corrected chi connectivity index (χ1v) is 10.5. The van der Waals surface area contributed by atoms with E-state index < -0.39 is 0 Å². The molecular formula is C20H33N3O2. The zero-order valence-electron chi connectivity index (χ0n) is 15.5. The first kappa shape index (κ1) is 17.2. The largest absolute Gasteiger partial charge is 0.339 e. The summed E-state index contributed by atoms with van der Waals surface area (Å²) in [4.78, 5) is 32.1. The van der Waals surface area contributed by atoms with Gasteiger partial charge in [-0.1, -0.05) is 19.3 Å². The van der Waals surface area contributed by atoms with Gasteiger partial charge in [-0.3, -0.25) is 4.79 Å². The lowest BCUT2D eigenvalue weighted by atomic mass is 9.77. The van der Waals surface area contributed by atoms with Crippen LogP contribution >= 0.6 is 0 Å². The Bertz CT molecular complexity index is 501. The van der Waals surface area contributed by atoms with Gasteiger partial charge in [0.25, 0.3) is 0 Å². The fourth-order valence-electron chi connectivity index (χ4n) is 5.46. The quantitative estimate of drug-likeness (QED) is 0.731. The van der Waals surface area contributed by atoms with Gasteiger partial charge in [-0.05, 0) is 51.4 Å². The highest BCUT2D eigenvalue weighted by Crippen LogP contribution is 2.43. The van der Waals surface area contributed by atoms with Crippen LogP contribution in [0.1, 0.15) is 70.6 Å². The van der Waals surface area contributed by atoms with Crippen molar-refractivity contribution in [1.82, 2.24) is 14.7 Å². The first-order chi connectivity index (χ1) is 12.2. The predicted octanol–water partition coefficient (Wildman–Crippen LogP) is 3.24. The Hall–Kier alpha value is -1.26. The molecule has 0 radical (unpaired) electrons. The van der Waals surface area contributed by atoms with E-state index in [9.17, 15) is 9.59 Å². The second-order valence-electron chi connectivity index (χ2n) is 8.64. The van der Waals surface area contributed by atoms with Crippen molar-refractivity contribution in [2.75, 3.05) is 32.7 Å². The van der Waals surface area contributed by atoms with Crippen molar-refractivity contribution < 1.29 is 9.59 Å². The lowest BCUT2D eigenvalue weighted by Crippen LogP contribution is -2.52. The Morgan fingerprint density at radius 3 is 2.00 bits per heavy atom. The van der Waals surface area contributed by atoms with Crippen molar-refractivity contribution in [3.8, 4) is 0 Å². The van der Waals surface area contributed by atoms with E-state index in [-0.39, 0.29) is 11.4 Å². The molecule has 3 aliphatic heterocycles. The minimum atomic E-state index is -0.157. The highest BCUT2D eigenvalue weighted by atomic mass is 16.2. The second kappa shape index (κ2) is 7.16. The van der Waals surface area contributed by atoms with Crippen molar-refractivity contribution in [3.05, 3.63) is 0 Å². The SMILES string of the molecule is O=C(N1CCCCC1)N1CCC2(CC1)CCN(C1CCCCC1)C2=O. The number of urea groups is 1. The van der Waals surface area contributed by atoms with E-state index in [1.807, 2.05) is 9.80 Å². The van der Waals surface area contributed by atoms with Crippen molar-refractivity contribution in [2.45, 2.75) is 76.7 Å². The van der Waals surface area contributed by atoms with Gasteiger partial charge in [0.2, 0.25) is 5.91 Å². The molecule has 0 bridgehead atoms. The van der Waals surface area contributed by atoms with Gasteiger partial charge in [-0.2, -0.15) is 0 Å². The summed E-state index contributed by atoms with van der Waals surface area (Å²) in [5.74, 6) is 0.407. The van der Waals surface area contributed by atoms with Gasteiger partial charge in [-0.15, -0.1) is 0 Å². The van der Waals surface area contributed by atoms with Gasteiger partial charge in [0.1, 0.15) is 0 Å². The third kappa shape index (κ3) is 3.26. The Labute approximate surface area is 151 Å². The van der Waals surface area contributed by atoms with Crippen LogP contribution in [0.3, 0.4) is 0 Å². The van der Waals surface area contributed by atoms with Crippen LogP contribution in [0.15, 0.2) is 0 Å². The maximum absolute atomic E-state index is 13.2. The van der Waals surface area contributed by atoms with E-state index >= 15 is 0 Å². The van der Waals surface area contributed by atoms with E-state index in [1.165, 1.54) is 38.5 Å². The standard InChI is InChI=1S/C20H33N3O2/c24-18-20(11-16-23(18)17-7-3-1-4-8-17)9-14-22(15-10-20)19(25)21-12-5-2-6-13-21/h17H,1-16H2. The Kier molecular flexibility index (Phi) is 4.92. The van der Waals surface area contributed by atoms with E-state index in [2.05, 4.69) is 4.90 Å². The van der Waals surface area contributed by atoms with Crippen LogP contribution in [0.25, 0.3) is 0 Å². The van der Waals surface area contributed by atoms with Crippen molar-refractivity contribution in [3.63, 3.8) is 0 Å². The van der Waals surface area contributed by atoms with Crippen LogP contribution in [0.4, 0.5) is 4.79 Å². The van der Waals surface area contributed by atoms with Crippen LogP contribution in [-0.4, -0.2) is 65.4 Å². The zero-order chi connectivity index (χ0) is 17.3. The molecule has 3 amide bonds. The molecule has 5 heteroatoms. The Balaban J connectivity index is 1.34. The Morgan fingerprint density at radius 1 is 0.760 bits per heavy atom. The lowest BCUT2D eigenvalue weighted by molar-refractivity contribution is -0.140. The molecule has 3 saturated heterocycles. The molecule has 140 valence electrons. The van der Waals surface area contributed by atoms with Crippen LogP contribution in [0.5, 0.6) is 0 Å². The number of carbonyl (C=O) groups excluding carboxylic acids is 2. The summed E-state index contributed by atoms with van der Waals surface area (Å²) >= 11 is 0. The summed E-state index contributed by atoms with van der Waals surface area (Å²) in [6.45, 7) is 4.30. The number of nitrogens with zero attached hydrogens (tertiary/aromatic N) is 3. The zero-order valence-corrected chi connectivity index (χ0v) is 15.5. The number of hydrogen-bond acceptors (Lipinski definition) is 2. The summed E-state index contributed by atoms with van der Waals surface area (Å²) in [5, 5.41) is 0. The average Bonchev–Trinajstić information content (AvgIpc) is 2.99. The van der Waals surface area contributed by atoms with Gasteiger partial charge < -0.3 is 14.7 Å². The van der Waals surface area contributed by atoms with Gasteiger partial charge in [0.05, 0.1) is 5.41 Å². The number of amides is 3. The Morgan fingerprint density at radius 2 is 1.32 bits per heavy atom. The van der Waals surface area contributed by atoms with E-state index in [0.717, 1.165) is 64.8 Å². The maximum atomic E-state index is 13.2. The fraction of sp³-hybridized carbons (Fsp3) is 0.900. The van der Waals surface area contributed by atoms with E-state index in [1.54, 1.807) is 0 Å². The third-order valence-corrected chi connectivity index (χ3v) is 7.18. The molecule has 0 aromatic heterocycles. The molecule has 0 N–H and O–H groups in total. The molecule has 0 atom stereocenters. The molecule has 4 rings (SSSR count). The molecule has 1 saturated carbocycles. The summed E-state index contributed by atoms with van der Waals surface area (Å²) in [6, 6.07) is 0.706. The summed E-state index contributed by atoms with van der Waals surface area (Å²) in [5.41, 5.74) is -0.157.